The Morgan fingerprint density at radius 1 is 0.593 bits per heavy atom. The van der Waals surface area contributed by atoms with Crippen LogP contribution >= 0.6 is 15.6 Å². The van der Waals surface area contributed by atoms with Crippen LogP contribution in [0.5, 0.6) is 0 Å². The fourth-order valence-corrected chi connectivity index (χ4v) is 7.91. The van der Waals surface area contributed by atoms with Gasteiger partial charge in [-0.05, 0) is 12.8 Å². The molecule has 2 unspecified atom stereocenters. The zero-order valence-corrected chi connectivity index (χ0v) is 35.0. The zero-order valence-electron chi connectivity index (χ0n) is 33.2. The Bertz CT molecular complexity index is 1060. The molecule has 0 aromatic carbocycles. The normalized spacial score (nSPS) is 22.4. The minimum atomic E-state index is -5.53. The minimum absolute atomic E-state index is 0.00374. The van der Waals surface area contributed by atoms with Gasteiger partial charge in [-0.1, -0.05) is 168 Å². The van der Waals surface area contributed by atoms with Gasteiger partial charge in [0.05, 0.1) is 6.61 Å². The predicted molar refractivity (Wildman–Crippen MR) is 204 cm³/mol. The van der Waals surface area contributed by atoms with Gasteiger partial charge in [0.25, 0.3) is 15.6 Å². The van der Waals surface area contributed by atoms with Crippen molar-refractivity contribution in [1.82, 2.24) is 5.32 Å². The van der Waals surface area contributed by atoms with Gasteiger partial charge in [-0.25, -0.2) is 0 Å². The number of carbonyl (C=O) groups is 2. The highest BCUT2D eigenvalue weighted by atomic mass is 31.2. The Balaban J connectivity index is 2.72. The number of rotatable bonds is 35. The lowest BCUT2D eigenvalue weighted by Gasteiger charge is -2.46. The molecule has 1 saturated heterocycles. The molecule has 320 valence electrons. The van der Waals surface area contributed by atoms with Crippen LogP contribution in [0.2, 0.25) is 0 Å². The molecule has 1 heterocycles. The fraction of sp³-hybridized carbons (Fsp3) is 0.947. The molecule has 0 saturated carbocycles. The van der Waals surface area contributed by atoms with Gasteiger partial charge in [-0.2, -0.15) is 0 Å². The van der Waals surface area contributed by atoms with Gasteiger partial charge in [-0.15, -0.1) is 0 Å². The van der Waals surface area contributed by atoms with E-state index in [9.17, 15) is 43.4 Å². The van der Waals surface area contributed by atoms with E-state index in [1.54, 1.807) is 0 Å². The topological polar surface area (TPSA) is 224 Å². The van der Waals surface area contributed by atoms with Crippen LogP contribution in [0.4, 0.5) is 0 Å². The van der Waals surface area contributed by atoms with E-state index in [2.05, 4.69) is 23.7 Å². The maximum absolute atomic E-state index is 13.1. The van der Waals surface area contributed by atoms with Crippen LogP contribution in [-0.2, 0) is 37.2 Å². The molecule has 7 atom stereocenters. The number of esters is 1. The van der Waals surface area contributed by atoms with Crippen LogP contribution in [0.25, 0.3) is 0 Å². The molecule has 1 rings (SSSR count). The van der Waals surface area contributed by atoms with Crippen LogP contribution in [0.1, 0.15) is 194 Å². The summed E-state index contributed by atoms with van der Waals surface area (Å²) in [6, 6.07) is -1.69. The summed E-state index contributed by atoms with van der Waals surface area (Å²) in [5, 5.41) is 12.4. The molecule has 4 N–H and O–H groups in total. The summed E-state index contributed by atoms with van der Waals surface area (Å²) in [5.41, 5.74) is 0. The third kappa shape index (κ3) is 26.8. The summed E-state index contributed by atoms with van der Waals surface area (Å²) in [6.45, 7) is 3.44. The molecule has 1 aliphatic rings. The molecule has 0 aliphatic carbocycles. The number of aliphatic hydroxyl groups excluding tert-OH is 1. The SMILES string of the molecule is CCCCCCCCCCCCCCCC(=O)N[C@H]1[C@@H](OP(=O)([O-])O)O[C@H](CO)[C@@H](OP(=O)([O-])O)[C@@H]1OC(=O)CCCCCCCCCCCCCCC. The number of aliphatic hydroxyl groups is 1. The standard InChI is InChI=1S/C38H75NO13P2/c1-3-5-7-9-11-13-15-17-19-21-23-25-27-29-33(41)39-35-37(36(51-53(43,44)45)32(31-40)49-38(35)52-54(46,47)48)50-34(42)30-28-26-24-22-20-18-16-14-12-10-8-6-4-2/h32,35-38,40H,3-31H2,1-2H3,(H,39,41)(H2,43,44,45)(H2,46,47,48)/p-2/t32-,35-,36-,37-,38-/m1/s1. The maximum Gasteiger partial charge on any atom is 0.306 e. The fourth-order valence-electron chi connectivity index (χ4n) is 6.91. The lowest BCUT2D eigenvalue weighted by molar-refractivity contribution is -0.290. The maximum atomic E-state index is 13.1. The number of phosphoric acid groups is 2. The summed E-state index contributed by atoms with van der Waals surface area (Å²) < 4.78 is 44.0. The van der Waals surface area contributed by atoms with Gasteiger partial charge in [-0.3, -0.25) is 23.2 Å². The Labute approximate surface area is 325 Å². The van der Waals surface area contributed by atoms with Gasteiger partial charge < -0.3 is 44.0 Å². The van der Waals surface area contributed by atoms with Crippen molar-refractivity contribution in [2.75, 3.05) is 6.61 Å². The van der Waals surface area contributed by atoms with Crippen molar-refractivity contribution in [3.05, 3.63) is 0 Å². The summed E-state index contributed by atoms with van der Waals surface area (Å²) in [6.07, 6.45) is 21.2. The Morgan fingerprint density at radius 3 is 1.33 bits per heavy atom. The Kier molecular flexibility index (Phi) is 29.4. The first-order chi connectivity index (χ1) is 25.8. The quantitative estimate of drug-likeness (QED) is 0.0279. The van der Waals surface area contributed by atoms with E-state index in [1.165, 1.54) is 103 Å². The molecule has 54 heavy (non-hydrogen) atoms. The van der Waals surface area contributed by atoms with Crippen LogP contribution < -0.4 is 15.1 Å². The third-order valence-electron chi connectivity index (χ3n) is 9.91. The van der Waals surface area contributed by atoms with Crippen molar-refractivity contribution in [3.63, 3.8) is 0 Å². The predicted octanol–water partition coefficient (Wildman–Crippen LogP) is 7.39. The average molecular weight is 814 g/mol. The molecule has 0 radical (unpaired) electrons. The number of unbranched alkanes of at least 4 members (excludes halogenated alkanes) is 24. The summed E-state index contributed by atoms with van der Waals surface area (Å²) >= 11 is 0. The molecule has 16 heteroatoms. The number of amides is 1. The van der Waals surface area contributed by atoms with Gasteiger partial charge in [0, 0.05) is 12.8 Å². The second kappa shape index (κ2) is 31.1. The summed E-state index contributed by atoms with van der Waals surface area (Å²) in [5.74, 6) is -1.41. The molecule has 14 nitrogen and oxygen atoms in total. The van der Waals surface area contributed by atoms with Gasteiger partial charge in [0.2, 0.25) is 5.91 Å². The van der Waals surface area contributed by atoms with Crippen LogP contribution in [0.3, 0.4) is 0 Å². The van der Waals surface area contributed by atoms with E-state index in [0.717, 1.165) is 51.4 Å². The molecule has 0 aromatic rings. The molecule has 1 aliphatic heterocycles. The first kappa shape index (κ1) is 51.1. The molecule has 0 bridgehead atoms. The monoisotopic (exact) mass is 813 g/mol. The van der Waals surface area contributed by atoms with Gasteiger partial charge in [0.1, 0.15) is 18.2 Å². The first-order valence-corrected chi connectivity index (χ1v) is 24.0. The molecule has 0 aromatic heterocycles. The van der Waals surface area contributed by atoms with E-state index in [4.69, 9.17) is 14.0 Å². The summed E-state index contributed by atoms with van der Waals surface area (Å²) in [7, 11) is -11.1. The number of carbonyl (C=O) groups excluding carboxylic acids is 2. The summed E-state index contributed by atoms with van der Waals surface area (Å²) in [4.78, 5) is 68.7. The van der Waals surface area contributed by atoms with Crippen molar-refractivity contribution in [2.45, 2.75) is 224 Å². The number of hydrogen-bond acceptors (Lipinski definition) is 11. The number of phosphoric ester groups is 2. The lowest BCUT2D eigenvalue weighted by Crippen LogP contribution is -2.66. The van der Waals surface area contributed by atoms with E-state index < -0.39 is 64.8 Å². The van der Waals surface area contributed by atoms with E-state index >= 15 is 0 Å². The van der Waals surface area contributed by atoms with Crippen molar-refractivity contribution >= 4 is 27.5 Å². The zero-order chi connectivity index (χ0) is 40.1. The highest BCUT2D eigenvalue weighted by Gasteiger charge is 2.51. The Morgan fingerprint density at radius 2 is 0.963 bits per heavy atom. The van der Waals surface area contributed by atoms with Gasteiger partial charge in [0.15, 0.2) is 12.4 Å². The average Bonchev–Trinajstić information content (AvgIpc) is 3.10. The van der Waals surface area contributed by atoms with Crippen LogP contribution in [-0.4, -0.2) is 64.0 Å². The molecular formula is C38H73NO13P2-2. The van der Waals surface area contributed by atoms with E-state index in [0.29, 0.717) is 12.8 Å². The Hall–Kier alpha value is -0.920. The van der Waals surface area contributed by atoms with Crippen LogP contribution in [0.15, 0.2) is 0 Å². The molecule has 0 spiro atoms. The van der Waals surface area contributed by atoms with E-state index in [-0.39, 0.29) is 12.8 Å². The van der Waals surface area contributed by atoms with Crippen molar-refractivity contribution in [3.8, 4) is 0 Å². The van der Waals surface area contributed by atoms with Crippen molar-refractivity contribution in [1.29, 1.82) is 0 Å². The molecule has 1 fully saturated rings. The number of nitrogens with one attached hydrogen (secondary N) is 1. The lowest BCUT2D eigenvalue weighted by atomic mass is 9.96. The third-order valence-corrected chi connectivity index (χ3v) is 10.9. The van der Waals surface area contributed by atoms with Crippen molar-refractivity contribution in [2.24, 2.45) is 0 Å². The number of ether oxygens (including phenoxy) is 2. The smallest absolute Gasteiger partial charge is 0.306 e. The second-order valence-corrected chi connectivity index (χ2v) is 17.2. The number of hydrogen-bond donors (Lipinski definition) is 4. The first-order valence-electron chi connectivity index (χ1n) is 21.0. The largest absolute Gasteiger partial charge is 0.756 e. The second-order valence-electron chi connectivity index (χ2n) is 14.9. The van der Waals surface area contributed by atoms with Crippen LogP contribution in [0, 0.1) is 0 Å². The van der Waals surface area contributed by atoms with E-state index in [1.807, 2.05) is 0 Å². The highest BCUT2D eigenvalue weighted by molar-refractivity contribution is 7.45. The van der Waals surface area contributed by atoms with Gasteiger partial charge >= 0.3 is 5.97 Å². The highest BCUT2D eigenvalue weighted by Crippen LogP contribution is 2.42. The van der Waals surface area contributed by atoms with Crippen molar-refractivity contribution < 1.29 is 61.9 Å². The minimum Gasteiger partial charge on any atom is -0.756 e. The molecular weight excluding hydrogens is 740 g/mol. The molecule has 1 amide bonds.